The number of aromatic nitrogens is 1. The van der Waals surface area contributed by atoms with Gasteiger partial charge in [0.15, 0.2) is 5.96 Å². The fraction of sp³-hybridized carbons (Fsp3) is 0.421. The van der Waals surface area contributed by atoms with Gasteiger partial charge in [0.1, 0.15) is 5.01 Å². The number of benzene rings is 1. The lowest BCUT2D eigenvalue weighted by Crippen LogP contribution is -2.36. The molecular formula is C19H28IN5OS. The number of nitrogens with one attached hydrogen (secondary N) is 2. The number of carbonyl (C=O) groups is 1. The maximum Gasteiger partial charge on any atom is 0.253 e. The van der Waals surface area contributed by atoms with E-state index < -0.39 is 0 Å². The second-order valence-corrected chi connectivity index (χ2v) is 7.48. The summed E-state index contributed by atoms with van der Waals surface area (Å²) in [5.74, 6) is 0.760. The molecule has 0 unspecified atom stereocenters. The number of rotatable bonds is 6. The summed E-state index contributed by atoms with van der Waals surface area (Å²) >= 11 is 1.70. The number of nitrogens with zero attached hydrogens (tertiary/aromatic N) is 3. The molecule has 1 aromatic heterocycles. The highest BCUT2D eigenvalue weighted by atomic mass is 127. The molecule has 148 valence electrons. The maximum absolute atomic E-state index is 11.9. The zero-order valence-electron chi connectivity index (χ0n) is 16.5. The van der Waals surface area contributed by atoms with E-state index >= 15 is 0 Å². The molecule has 0 aliphatic carbocycles. The van der Waals surface area contributed by atoms with Crippen LogP contribution in [0.4, 0.5) is 0 Å². The molecule has 27 heavy (non-hydrogen) atoms. The summed E-state index contributed by atoms with van der Waals surface area (Å²) in [6.07, 6.45) is 0. The van der Waals surface area contributed by atoms with Gasteiger partial charge in [-0.05, 0) is 38.5 Å². The molecule has 0 spiro atoms. The predicted molar refractivity (Wildman–Crippen MR) is 123 cm³/mol. The Hall–Kier alpha value is -1.68. The molecule has 0 aliphatic rings. The second kappa shape index (κ2) is 11.2. The van der Waals surface area contributed by atoms with Crippen LogP contribution in [0.5, 0.6) is 0 Å². The van der Waals surface area contributed by atoms with Crippen molar-refractivity contribution < 1.29 is 4.79 Å². The van der Waals surface area contributed by atoms with E-state index in [1.54, 1.807) is 30.3 Å². The highest BCUT2D eigenvalue weighted by Crippen LogP contribution is 2.15. The van der Waals surface area contributed by atoms with Crippen LogP contribution < -0.4 is 10.6 Å². The van der Waals surface area contributed by atoms with Crippen molar-refractivity contribution in [3.63, 3.8) is 0 Å². The van der Waals surface area contributed by atoms with Gasteiger partial charge >= 0.3 is 0 Å². The molecule has 0 fully saturated rings. The van der Waals surface area contributed by atoms with Crippen molar-refractivity contribution in [3.8, 4) is 0 Å². The standard InChI is InChI=1S/C19H27N5OS.HI/c1-6-20-19(22-12-17-23-13(2)14(3)26-17)21-11-15-7-9-16(10-8-15)18(25)24(4)5;/h7-10H,6,11-12H2,1-5H3,(H2,20,21,22);1H. The largest absolute Gasteiger partial charge is 0.357 e. The molecule has 0 atom stereocenters. The number of aliphatic imine (C=N–C) groups is 1. The van der Waals surface area contributed by atoms with Crippen molar-refractivity contribution in [1.29, 1.82) is 0 Å². The van der Waals surface area contributed by atoms with Crippen LogP contribution in [0.15, 0.2) is 29.3 Å². The molecule has 2 aromatic rings. The van der Waals surface area contributed by atoms with Gasteiger partial charge in [-0.15, -0.1) is 35.3 Å². The Morgan fingerprint density at radius 2 is 1.85 bits per heavy atom. The topological polar surface area (TPSA) is 69.6 Å². The van der Waals surface area contributed by atoms with Gasteiger partial charge in [0, 0.05) is 31.1 Å². The average molecular weight is 501 g/mol. The Bertz CT molecular complexity index is 751. The van der Waals surface area contributed by atoms with Crippen molar-refractivity contribution >= 4 is 47.2 Å². The normalized spacial score (nSPS) is 10.9. The molecule has 0 saturated heterocycles. The molecule has 0 bridgehead atoms. The third-order valence-corrected chi connectivity index (χ3v) is 4.92. The number of amides is 1. The summed E-state index contributed by atoms with van der Waals surface area (Å²) in [7, 11) is 3.50. The summed E-state index contributed by atoms with van der Waals surface area (Å²) in [5.41, 5.74) is 2.82. The van der Waals surface area contributed by atoms with Gasteiger partial charge in [0.2, 0.25) is 0 Å². The van der Waals surface area contributed by atoms with E-state index in [4.69, 9.17) is 0 Å². The number of aryl methyl sites for hydroxylation is 2. The molecule has 0 aliphatic heterocycles. The minimum absolute atomic E-state index is 0. The Kier molecular flexibility index (Phi) is 9.71. The summed E-state index contributed by atoms with van der Waals surface area (Å²) in [4.78, 5) is 23.9. The van der Waals surface area contributed by atoms with E-state index in [9.17, 15) is 4.79 Å². The molecule has 2 N–H and O–H groups in total. The van der Waals surface area contributed by atoms with Crippen LogP contribution >= 0.6 is 35.3 Å². The van der Waals surface area contributed by atoms with Crippen LogP contribution in [-0.2, 0) is 13.1 Å². The Balaban J connectivity index is 0.00000364. The fourth-order valence-electron chi connectivity index (χ4n) is 2.30. The minimum Gasteiger partial charge on any atom is -0.357 e. The highest BCUT2D eigenvalue weighted by Gasteiger charge is 2.07. The van der Waals surface area contributed by atoms with Crippen LogP contribution in [-0.4, -0.2) is 42.4 Å². The van der Waals surface area contributed by atoms with E-state index in [-0.39, 0.29) is 29.9 Å². The van der Waals surface area contributed by atoms with Gasteiger partial charge in [-0.1, -0.05) is 12.1 Å². The Morgan fingerprint density at radius 1 is 1.19 bits per heavy atom. The number of halogens is 1. The van der Waals surface area contributed by atoms with Crippen LogP contribution in [0.2, 0.25) is 0 Å². The van der Waals surface area contributed by atoms with Crippen LogP contribution in [0, 0.1) is 13.8 Å². The minimum atomic E-state index is 0. The molecule has 1 amide bonds. The summed E-state index contributed by atoms with van der Waals surface area (Å²) in [5, 5.41) is 7.62. The molecule has 0 saturated carbocycles. The molecule has 0 radical (unpaired) electrons. The number of hydrogen-bond donors (Lipinski definition) is 2. The lowest BCUT2D eigenvalue weighted by molar-refractivity contribution is 0.0827. The van der Waals surface area contributed by atoms with Gasteiger partial charge in [0.25, 0.3) is 5.91 Å². The zero-order valence-corrected chi connectivity index (χ0v) is 19.6. The maximum atomic E-state index is 11.9. The van der Waals surface area contributed by atoms with Gasteiger partial charge in [-0.3, -0.25) is 4.79 Å². The monoisotopic (exact) mass is 501 g/mol. The quantitative estimate of drug-likeness (QED) is 0.362. The lowest BCUT2D eigenvalue weighted by Gasteiger charge is -2.11. The smallest absolute Gasteiger partial charge is 0.253 e. The Labute approximate surface area is 182 Å². The van der Waals surface area contributed by atoms with Crippen molar-refractivity contribution in [2.45, 2.75) is 33.9 Å². The fourth-order valence-corrected chi connectivity index (χ4v) is 3.17. The summed E-state index contributed by atoms with van der Waals surface area (Å²) in [6, 6.07) is 7.57. The van der Waals surface area contributed by atoms with E-state index in [1.807, 2.05) is 38.1 Å². The average Bonchev–Trinajstić information content (AvgIpc) is 2.95. The number of hydrogen-bond acceptors (Lipinski definition) is 4. The SMILES string of the molecule is CCNC(=NCc1ccc(C(=O)N(C)C)cc1)NCc1nc(C)c(C)s1.I. The predicted octanol–water partition coefficient (Wildman–Crippen LogP) is 3.34. The number of carbonyl (C=O) groups excluding carboxylic acids is 1. The summed E-state index contributed by atoms with van der Waals surface area (Å²) in [6.45, 7) is 8.14. The molecule has 2 rings (SSSR count). The first kappa shape index (κ1) is 23.4. The Morgan fingerprint density at radius 3 is 2.37 bits per heavy atom. The van der Waals surface area contributed by atoms with Crippen LogP contribution in [0.1, 0.15) is 38.4 Å². The van der Waals surface area contributed by atoms with Crippen molar-refractivity contribution in [2.24, 2.45) is 4.99 Å². The van der Waals surface area contributed by atoms with Gasteiger partial charge < -0.3 is 15.5 Å². The number of thiazole rings is 1. The second-order valence-electron chi connectivity index (χ2n) is 6.19. The van der Waals surface area contributed by atoms with E-state index in [1.165, 1.54) is 4.88 Å². The third kappa shape index (κ3) is 7.10. The van der Waals surface area contributed by atoms with Crippen molar-refractivity contribution in [1.82, 2.24) is 20.5 Å². The zero-order chi connectivity index (χ0) is 19.1. The van der Waals surface area contributed by atoms with Gasteiger partial charge in [-0.2, -0.15) is 0 Å². The molecular weight excluding hydrogens is 473 g/mol. The van der Waals surface area contributed by atoms with Gasteiger partial charge in [-0.25, -0.2) is 9.98 Å². The lowest BCUT2D eigenvalue weighted by atomic mass is 10.1. The first-order valence-electron chi connectivity index (χ1n) is 8.66. The molecule has 8 heteroatoms. The number of guanidine groups is 1. The van der Waals surface area contributed by atoms with Crippen LogP contribution in [0.25, 0.3) is 0 Å². The summed E-state index contributed by atoms with van der Waals surface area (Å²) < 4.78 is 0. The third-order valence-electron chi connectivity index (χ3n) is 3.85. The van der Waals surface area contributed by atoms with Crippen LogP contribution in [0.3, 0.4) is 0 Å². The molecule has 1 aromatic carbocycles. The van der Waals surface area contributed by atoms with E-state index in [2.05, 4.69) is 27.5 Å². The first-order valence-corrected chi connectivity index (χ1v) is 9.48. The first-order chi connectivity index (χ1) is 12.4. The van der Waals surface area contributed by atoms with E-state index in [0.29, 0.717) is 18.7 Å². The van der Waals surface area contributed by atoms with E-state index in [0.717, 1.165) is 28.8 Å². The highest BCUT2D eigenvalue weighted by molar-refractivity contribution is 14.0. The molecule has 6 nitrogen and oxygen atoms in total. The molecule has 1 heterocycles. The van der Waals surface area contributed by atoms with Gasteiger partial charge in [0.05, 0.1) is 18.8 Å². The van der Waals surface area contributed by atoms with Crippen molar-refractivity contribution in [2.75, 3.05) is 20.6 Å². The van der Waals surface area contributed by atoms with Crippen molar-refractivity contribution in [3.05, 3.63) is 51.0 Å².